The Hall–Kier alpha value is -1.54. The first kappa shape index (κ1) is 9.03. The fourth-order valence-electron chi connectivity index (χ4n) is 1.55. The van der Waals surface area contributed by atoms with Crippen LogP contribution < -0.4 is 5.06 Å². The molecule has 0 amide bonds. The summed E-state index contributed by atoms with van der Waals surface area (Å²) < 4.78 is 0. The van der Waals surface area contributed by atoms with E-state index in [4.69, 9.17) is 0 Å². The largest absolute Gasteiger partial charge is 0.758 e. The highest BCUT2D eigenvalue weighted by atomic mass is 16.5. The SMILES string of the molecule is Cc1ccc2cc(N(C)[O-])ccc2c1. The molecule has 2 aromatic rings. The predicted octanol–water partition coefficient (Wildman–Crippen LogP) is 3.08. The van der Waals surface area contributed by atoms with E-state index in [2.05, 4.69) is 19.1 Å². The highest BCUT2D eigenvalue weighted by Gasteiger charge is 1.95. The van der Waals surface area contributed by atoms with E-state index < -0.39 is 0 Å². The van der Waals surface area contributed by atoms with E-state index in [0.717, 1.165) is 10.4 Å². The zero-order valence-corrected chi connectivity index (χ0v) is 8.32. The Morgan fingerprint density at radius 1 is 1.00 bits per heavy atom. The van der Waals surface area contributed by atoms with Crippen molar-refractivity contribution in [3.63, 3.8) is 0 Å². The monoisotopic (exact) mass is 186 g/mol. The first-order chi connectivity index (χ1) is 6.66. The molecule has 0 N–H and O–H groups in total. The van der Waals surface area contributed by atoms with Crippen molar-refractivity contribution in [2.75, 3.05) is 12.1 Å². The van der Waals surface area contributed by atoms with E-state index in [1.165, 1.54) is 18.0 Å². The summed E-state index contributed by atoms with van der Waals surface area (Å²) in [6, 6.07) is 11.9. The first-order valence-electron chi connectivity index (χ1n) is 4.58. The predicted molar refractivity (Wildman–Crippen MR) is 60.5 cm³/mol. The van der Waals surface area contributed by atoms with Gasteiger partial charge >= 0.3 is 0 Å². The Bertz CT molecular complexity index is 463. The number of hydroxylamine groups is 1. The Kier molecular flexibility index (Phi) is 2.14. The normalized spacial score (nSPS) is 10.5. The molecule has 0 bridgehead atoms. The molecule has 72 valence electrons. The summed E-state index contributed by atoms with van der Waals surface area (Å²) in [7, 11) is 1.51. The lowest BCUT2D eigenvalue weighted by Crippen LogP contribution is -2.05. The molecular formula is C12H12NO-. The molecule has 0 unspecified atom stereocenters. The maximum Gasteiger partial charge on any atom is 0.0263 e. The molecule has 0 aliphatic carbocycles. The van der Waals surface area contributed by atoms with Crippen molar-refractivity contribution < 1.29 is 0 Å². The second-order valence-electron chi connectivity index (χ2n) is 3.53. The van der Waals surface area contributed by atoms with Crippen LogP contribution >= 0.6 is 0 Å². The summed E-state index contributed by atoms with van der Waals surface area (Å²) in [5.41, 5.74) is 1.93. The van der Waals surface area contributed by atoms with E-state index in [0.29, 0.717) is 5.69 Å². The zero-order chi connectivity index (χ0) is 10.1. The molecule has 0 heterocycles. The molecule has 2 heteroatoms. The fourth-order valence-corrected chi connectivity index (χ4v) is 1.55. The van der Waals surface area contributed by atoms with Gasteiger partial charge in [-0.2, -0.15) is 0 Å². The van der Waals surface area contributed by atoms with Crippen molar-refractivity contribution in [2.24, 2.45) is 0 Å². The molecule has 14 heavy (non-hydrogen) atoms. The average molecular weight is 186 g/mol. The summed E-state index contributed by atoms with van der Waals surface area (Å²) in [6.07, 6.45) is 0. The summed E-state index contributed by atoms with van der Waals surface area (Å²) >= 11 is 0. The molecular weight excluding hydrogens is 174 g/mol. The summed E-state index contributed by atoms with van der Waals surface area (Å²) in [6.45, 7) is 2.06. The molecule has 0 saturated carbocycles. The van der Waals surface area contributed by atoms with Crippen LogP contribution in [-0.4, -0.2) is 7.05 Å². The van der Waals surface area contributed by atoms with Crippen molar-refractivity contribution in [3.05, 3.63) is 47.2 Å². The fraction of sp³-hybridized carbons (Fsp3) is 0.167. The molecule has 2 nitrogen and oxygen atoms in total. The second-order valence-corrected chi connectivity index (χ2v) is 3.53. The van der Waals surface area contributed by atoms with Gasteiger partial charge in [-0.15, -0.1) is 0 Å². The van der Waals surface area contributed by atoms with Crippen molar-refractivity contribution in [2.45, 2.75) is 6.92 Å². The number of nitrogens with zero attached hydrogens (tertiary/aromatic N) is 1. The Labute approximate surface area is 83.4 Å². The van der Waals surface area contributed by atoms with Gasteiger partial charge in [0.25, 0.3) is 0 Å². The lowest BCUT2D eigenvalue weighted by Gasteiger charge is -2.24. The summed E-state index contributed by atoms with van der Waals surface area (Å²) in [5, 5.41) is 14.2. The molecule has 0 spiro atoms. The molecule has 0 aliphatic rings. The molecule has 0 saturated heterocycles. The van der Waals surface area contributed by atoms with Gasteiger partial charge in [0.05, 0.1) is 0 Å². The molecule has 2 aromatic carbocycles. The topological polar surface area (TPSA) is 26.3 Å². The standard InChI is InChI=1S/C12H12NO/c1-9-3-4-11-8-12(13(2)14)6-5-10(11)7-9/h3-8H,1-2H3/q-1. The van der Waals surface area contributed by atoms with Crippen molar-refractivity contribution in [1.29, 1.82) is 0 Å². The highest BCUT2D eigenvalue weighted by molar-refractivity contribution is 5.86. The van der Waals surface area contributed by atoms with Gasteiger partial charge < -0.3 is 10.3 Å². The van der Waals surface area contributed by atoms with Crippen LogP contribution in [0.4, 0.5) is 5.69 Å². The lowest BCUT2D eigenvalue weighted by molar-refractivity contribution is 1.22. The minimum atomic E-state index is 0.696. The number of fused-ring (bicyclic) bond motifs is 1. The molecule has 0 fully saturated rings. The molecule has 2 rings (SSSR count). The van der Waals surface area contributed by atoms with Crippen LogP contribution in [0, 0.1) is 12.1 Å². The Morgan fingerprint density at radius 2 is 1.64 bits per heavy atom. The smallest absolute Gasteiger partial charge is 0.0263 e. The van der Waals surface area contributed by atoms with E-state index >= 15 is 0 Å². The van der Waals surface area contributed by atoms with Crippen molar-refractivity contribution in [1.82, 2.24) is 0 Å². The number of benzene rings is 2. The van der Waals surface area contributed by atoms with Crippen LogP contribution in [0.15, 0.2) is 36.4 Å². The minimum absolute atomic E-state index is 0.696. The molecule has 0 atom stereocenters. The number of hydrogen-bond donors (Lipinski definition) is 0. The average Bonchev–Trinajstić information content (AvgIpc) is 2.16. The summed E-state index contributed by atoms with van der Waals surface area (Å²) in [4.78, 5) is 0. The minimum Gasteiger partial charge on any atom is -0.758 e. The van der Waals surface area contributed by atoms with Crippen LogP contribution in [0.25, 0.3) is 10.8 Å². The van der Waals surface area contributed by atoms with Crippen LogP contribution in [-0.2, 0) is 0 Å². The number of hydrogen-bond acceptors (Lipinski definition) is 2. The lowest BCUT2D eigenvalue weighted by atomic mass is 10.1. The quantitative estimate of drug-likeness (QED) is 0.640. The maximum atomic E-state index is 11.1. The third-order valence-corrected chi connectivity index (χ3v) is 2.34. The van der Waals surface area contributed by atoms with Gasteiger partial charge in [-0.1, -0.05) is 29.8 Å². The highest BCUT2D eigenvalue weighted by Crippen LogP contribution is 2.21. The molecule has 0 aromatic heterocycles. The third kappa shape index (κ3) is 1.56. The van der Waals surface area contributed by atoms with Gasteiger partial charge in [0.2, 0.25) is 0 Å². The van der Waals surface area contributed by atoms with Gasteiger partial charge in [0.1, 0.15) is 0 Å². The third-order valence-electron chi connectivity index (χ3n) is 2.34. The van der Waals surface area contributed by atoms with Crippen molar-refractivity contribution in [3.8, 4) is 0 Å². The van der Waals surface area contributed by atoms with Crippen LogP contribution in [0.2, 0.25) is 0 Å². The molecule has 0 aliphatic heterocycles. The number of aryl methyl sites for hydroxylation is 1. The van der Waals surface area contributed by atoms with Crippen LogP contribution in [0.1, 0.15) is 5.56 Å². The van der Waals surface area contributed by atoms with E-state index in [1.54, 1.807) is 0 Å². The van der Waals surface area contributed by atoms with E-state index in [-0.39, 0.29) is 0 Å². The van der Waals surface area contributed by atoms with Gasteiger partial charge in [-0.05, 0) is 36.9 Å². The second kappa shape index (κ2) is 3.31. The van der Waals surface area contributed by atoms with Crippen molar-refractivity contribution >= 4 is 16.5 Å². The molecule has 0 radical (unpaired) electrons. The maximum absolute atomic E-state index is 11.1. The van der Waals surface area contributed by atoms with Crippen LogP contribution in [0.3, 0.4) is 0 Å². The Morgan fingerprint density at radius 3 is 2.36 bits per heavy atom. The number of anilines is 1. The van der Waals surface area contributed by atoms with Gasteiger partial charge in [-0.25, -0.2) is 0 Å². The van der Waals surface area contributed by atoms with Gasteiger partial charge in [-0.3, -0.25) is 0 Å². The van der Waals surface area contributed by atoms with Crippen LogP contribution in [0.5, 0.6) is 0 Å². The van der Waals surface area contributed by atoms with Gasteiger partial charge in [0.15, 0.2) is 0 Å². The zero-order valence-electron chi connectivity index (χ0n) is 8.32. The van der Waals surface area contributed by atoms with E-state index in [9.17, 15) is 5.21 Å². The summed E-state index contributed by atoms with van der Waals surface area (Å²) in [5.74, 6) is 0. The van der Waals surface area contributed by atoms with Gasteiger partial charge in [0, 0.05) is 5.69 Å². The number of rotatable bonds is 1. The van der Waals surface area contributed by atoms with E-state index in [1.807, 2.05) is 24.3 Å². The first-order valence-corrected chi connectivity index (χ1v) is 4.58. The Balaban J connectivity index is 2.62.